The largest absolute Gasteiger partial charge is 0.379 e. The van der Waals surface area contributed by atoms with E-state index < -0.39 is 0 Å². The summed E-state index contributed by atoms with van der Waals surface area (Å²) in [4.78, 5) is 1.24. The Morgan fingerprint density at radius 1 is 1.35 bits per heavy atom. The summed E-state index contributed by atoms with van der Waals surface area (Å²) in [5.41, 5.74) is 2.72. The van der Waals surface area contributed by atoms with Crippen LogP contribution in [0, 0.1) is 18.3 Å². The lowest BCUT2D eigenvalue weighted by Crippen LogP contribution is -2.01. The SMILES string of the molecule is Cc1cccc(C#N)c1NCc1ccc(Br)s1. The van der Waals surface area contributed by atoms with Gasteiger partial charge in [-0.1, -0.05) is 12.1 Å². The molecule has 2 nitrogen and oxygen atoms in total. The Balaban J connectivity index is 2.17. The predicted octanol–water partition coefficient (Wildman–Crippen LogP) is 4.30. The summed E-state index contributed by atoms with van der Waals surface area (Å²) in [6.45, 7) is 2.75. The number of para-hydroxylation sites is 1. The zero-order valence-corrected chi connectivity index (χ0v) is 11.7. The van der Waals surface area contributed by atoms with Crippen LogP contribution in [0.5, 0.6) is 0 Å². The van der Waals surface area contributed by atoms with Crippen LogP contribution in [0.25, 0.3) is 0 Å². The highest BCUT2D eigenvalue weighted by atomic mass is 79.9. The van der Waals surface area contributed by atoms with Crippen LogP contribution in [0.15, 0.2) is 34.1 Å². The summed E-state index contributed by atoms with van der Waals surface area (Å²) in [6.07, 6.45) is 0. The molecule has 17 heavy (non-hydrogen) atoms. The maximum Gasteiger partial charge on any atom is 0.101 e. The van der Waals surface area contributed by atoms with E-state index in [1.54, 1.807) is 11.3 Å². The molecule has 1 heterocycles. The molecular formula is C13H11BrN2S. The highest BCUT2D eigenvalue weighted by Gasteiger charge is 2.05. The molecule has 86 valence electrons. The molecule has 2 aromatic rings. The first-order chi connectivity index (χ1) is 8.20. The molecule has 0 spiro atoms. The fourth-order valence-electron chi connectivity index (χ4n) is 1.62. The van der Waals surface area contributed by atoms with Crippen molar-refractivity contribution < 1.29 is 0 Å². The minimum absolute atomic E-state index is 0.695. The molecule has 0 radical (unpaired) electrons. The van der Waals surface area contributed by atoms with Gasteiger partial charge >= 0.3 is 0 Å². The molecule has 1 aromatic carbocycles. The predicted molar refractivity (Wildman–Crippen MR) is 75.2 cm³/mol. The quantitative estimate of drug-likeness (QED) is 0.917. The molecule has 1 aromatic heterocycles. The van der Waals surface area contributed by atoms with Gasteiger partial charge in [0.15, 0.2) is 0 Å². The molecule has 0 fully saturated rings. The summed E-state index contributed by atoms with van der Waals surface area (Å²) < 4.78 is 1.12. The number of nitriles is 1. The van der Waals surface area contributed by atoms with Crippen LogP contribution in [0.3, 0.4) is 0 Å². The minimum atomic E-state index is 0.695. The van der Waals surface area contributed by atoms with Gasteiger partial charge in [0.1, 0.15) is 6.07 Å². The molecule has 0 amide bonds. The fraction of sp³-hybridized carbons (Fsp3) is 0.154. The van der Waals surface area contributed by atoms with Crippen molar-refractivity contribution in [3.63, 3.8) is 0 Å². The second-order valence-electron chi connectivity index (χ2n) is 3.67. The van der Waals surface area contributed by atoms with E-state index >= 15 is 0 Å². The number of hydrogen-bond acceptors (Lipinski definition) is 3. The third-order valence-corrected chi connectivity index (χ3v) is 4.09. The summed E-state index contributed by atoms with van der Waals surface area (Å²) in [6, 6.07) is 12.1. The van der Waals surface area contributed by atoms with E-state index in [4.69, 9.17) is 5.26 Å². The first kappa shape index (κ1) is 12.2. The third kappa shape index (κ3) is 2.87. The van der Waals surface area contributed by atoms with Gasteiger partial charge in [0.2, 0.25) is 0 Å². The second kappa shape index (κ2) is 5.35. The molecule has 0 aliphatic rings. The van der Waals surface area contributed by atoms with Gasteiger partial charge in [0, 0.05) is 11.4 Å². The van der Waals surface area contributed by atoms with Crippen molar-refractivity contribution in [2.24, 2.45) is 0 Å². The van der Waals surface area contributed by atoms with E-state index in [0.717, 1.165) is 21.6 Å². The van der Waals surface area contributed by atoms with E-state index in [2.05, 4.69) is 33.4 Å². The summed E-state index contributed by atoms with van der Waals surface area (Å²) >= 11 is 5.14. The maximum atomic E-state index is 9.05. The first-order valence-corrected chi connectivity index (χ1v) is 6.79. The zero-order valence-electron chi connectivity index (χ0n) is 9.33. The van der Waals surface area contributed by atoms with Gasteiger partial charge in [-0.15, -0.1) is 11.3 Å². The Kier molecular flexibility index (Phi) is 3.82. The van der Waals surface area contributed by atoms with E-state index in [0.29, 0.717) is 5.56 Å². The minimum Gasteiger partial charge on any atom is -0.379 e. The summed E-state index contributed by atoms with van der Waals surface area (Å²) in [5, 5.41) is 12.4. The van der Waals surface area contributed by atoms with Crippen molar-refractivity contribution in [2.75, 3.05) is 5.32 Å². The van der Waals surface area contributed by atoms with Crippen LogP contribution in [-0.2, 0) is 6.54 Å². The van der Waals surface area contributed by atoms with Gasteiger partial charge in [-0.2, -0.15) is 5.26 Å². The van der Waals surface area contributed by atoms with Crippen LogP contribution in [0.1, 0.15) is 16.0 Å². The van der Waals surface area contributed by atoms with Crippen molar-refractivity contribution in [1.82, 2.24) is 0 Å². The van der Waals surface area contributed by atoms with Crippen LogP contribution >= 0.6 is 27.3 Å². The number of hydrogen-bond donors (Lipinski definition) is 1. The number of anilines is 1. The van der Waals surface area contributed by atoms with Crippen molar-refractivity contribution in [3.8, 4) is 6.07 Å². The van der Waals surface area contributed by atoms with Gasteiger partial charge < -0.3 is 5.32 Å². The molecule has 2 rings (SSSR count). The Morgan fingerprint density at radius 3 is 2.82 bits per heavy atom. The van der Waals surface area contributed by atoms with E-state index in [1.165, 1.54) is 4.88 Å². The lowest BCUT2D eigenvalue weighted by atomic mass is 10.1. The van der Waals surface area contributed by atoms with Crippen molar-refractivity contribution in [3.05, 3.63) is 50.1 Å². The first-order valence-electron chi connectivity index (χ1n) is 5.18. The van der Waals surface area contributed by atoms with Crippen LogP contribution in [0.4, 0.5) is 5.69 Å². The van der Waals surface area contributed by atoms with Crippen LogP contribution in [0.2, 0.25) is 0 Å². The zero-order chi connectivity index (χ0) is 12.3. The van der Waals surface area contributed by atoms with E-state index in [-0.39, 0.29) is 0 Å². The highest BCUT2D eigenvalue weighted by Crippen LogP contribution is 2.25. The molecule has 0 aliphatic carbocycles. The number of benzene rings is 1. The number of aryl methyl sites for hydroxylation is 1. The number of thiophene rings is 1. The number of nitrogens with zero attached hydrogens (tertiary/aromatic N) is 1. The van der Waals surface area contributed by atoms with Gasteiger partial charge in [0.05, 0.1) is 15.0 Å². The average molecular weight is 307 g/mol. The summed E-state index contributed by atoms with van der Waals surface area (Å²) in [7, 11) is 0. The average Bonchev–Trinajstić information content (AvgIpc) is 2.73. The smallest absolute Gasteiger partial charge is 0.101 e. The second-order valence-corrected chi connectivity index (χ2v) is 6.22. The Labute approximate surface area is 113 Å². The topological polar surface area (TPSA) is 35.8 Å². The van der Waals surface area contributed by atoms with Gasteiger partial charge in [-0.25, -0.2) is 0 Å². The lowest BCUT2D eigenvalue weighted by molar-refractivity contribution is 1.17. The normalized spacial score (nSPS) is 9.94. The molecule has 0 atom stereocenters. The molecule has 0 saturated carbocycles. The lowest BCUT2D eigenvalue weighted by Gasteiger charge is -2.09. The van der Waals surface area contributed by atoms with Gasteiger partial charge in [-0.05, 0) is 46.6 Å². The van der Waals surface area contributed by atoms with Crippen molar-refractivity contribution in [1.29, 1.82) is 5.26 Å². The highest BCUT2D eigenvalue weighted by molar-refractivity contribution is 9.11. The van der Waals surface area contributed by atoms with Gasteiger partial charge in [-0.3, -0.25) is 0 Å². The summed E-state index contributed by atoms with van der Waals surface area (Å²) in [5.74, 6) is 0. The van der Waals surface area contributed by atoms with Crippen molar-refractivity contribution in [2.45, 2.75) is 13.5 Å². The molecule has 4 heteroatoms. The van der Waals surface area contributed by atoms with Crippen LogP contribution in [-0.4, -0.2) is 0 Å². The molecule has 0 bridgehead atoms. The van der Waals surface area contributed by atoms with Crippen molar-refractivity contribution >= 4 is 33.0 Å². The van der Waals surface area contributed by atoms with E-state index in [9.17, 15) is 0 Å². The third-order valence-electron chi connectivity index (χ3n) is 2.46. The Bertz CT molecular complexity index is 569. The van der Waals surface area contributed by atoms with Crippen LogP contribution < -0.4 is 5.32 Å². The number of halogens is 1. The molecular weight excluding hydrogens is 296 g/mol. The Hall–Kier alpha value is -1.31. The van der Waals surface area contributed by atoms with Gasteiger partial charge in [0.25, 0.3) is 0 Å². The number of nitrogens with one attached hydrogen (secondary N) is 1. The fourth-order valence-corrected chi connectivity index (χ4v) is 3.04. The van der Waals surface area contributed by atoms with E-state index in [1.807, 2.05) is 31.2 Å². The molecule has 0 unspecified atom stereocenters. The molecule has 0 saturated heterocycles. The molecule has 0 aliphatic heterocycles. The number of rotatable bonds is 3. The molecule has 1 N–H and O–H groups in total. The maximum absolute atomic E-state index is 9.05. The monoisotopic (exact) mass is 306 g/mol. The Morgan fingerprint density at radius 2 is 2.18 bits per heavy atom. The standard InChI is InChI=1S/C13H11BrN2S/c1-9-3-2-4-10(7-15)13(9)16-8-11-5-6-12(14)17-11/h2-6,16H,8H2,1H3.